The Bertz CT molecular complexity index is 785. The van der Waals surface area contributed by atoms with Crippen LogP contribution in [0.25, 0.3) is 11.1 Å². The zero-order valence-corrected chi connectivity index (χ0v) is 18.0. The monoisotopic (exact) mass is 392 g/mol. The molecule has 147 valence electrons. The minimum Gasteiger partial charge on any atom is -0.206 e. The summed E-state index contributed by atoms with van der Waals surface area (Å²) in [6.45, 7) is 2.29. The third-order valence-electron chi connectivity index (χ3n) is 6.17. The van der Waals surface area contributed by atoms with E-state index in [1.54, 1.807) is 6.07 Å². The van der Waals surface area contributed by atoms with Gasteiger partial charge in [0.2, 0.25) is 0 Å². The standard InChI is InChI=1S/C25H31FNSi/c1-2-3-4-5-20-12-15-28(16-13-20)17-14-21-6-8-22(9-7-21)23-10-11-24(19-27)25(26)18-23/h6-11,18,20H,2-5,12-17H2,1H3. The maximum Gasteiger partial charge on any atom is 0.141 e. The Kier molecular flexibility index (Phi) is 7.86. The molecule has 0 N–H and O–H groups in total. The smallest absolute Gasteiger partial charge is 0.141 e. The van der Waals surface area contributed by atoms with Crippen molar-refractivity contribution in [3.05, 3.63) is 59.4 Å². The molecule has 3 rings (SSSR count). The molecule has 1 fully saturated rings. The van der Waals surface area contributed by atoms with Crippen molar-refractivity contribution in [2.75, 3.05) is 0 Å². The van der Waals surface area contributed by atoms with E-state index in [0.29, 0.717) is 0 Å². The molecule has 2 aromatic carbocycles. The molecule has 0 saturated carbocycles. The van der Waals surface area contributed by atoms with Gasteiger partial charge in [-0.3, -0.25) is 0 Å². The lowest BCUT2D eigenvalue weighted by atomic mass is 9.96. The summed E-state index contributed by atoms with van der Waals surface area (Å²) in [6.07, 6.45) is 9.75. The van der Waals surface area contributed by atoms with Crippen LogP contribution in [0.3, 0.4) is 0 Å². The van der Waals surface area contributed by atoms with Gasteiger partial charge in [-0.05, 0) is 41.2 Å². The summed E-state index contributed by atoms with van der Waals surface area (Å²) in [7, 11) is -0.163. The van der Waals surface area contributed by atoms with Crippen LogP contribution in [0.5, 0.6) is 0 Å². The Labute approximate surface area is 171 Å². The zero-order valence-electron chi connectivity index (χ0n) is 17.0. The third-order valence-corrected chi connectivity index (χ3v) is 9.12. The summed E-state index contributed by atoms with van der Waals surface area (Å²) in [5.41, 5.74) is 3.33. The molecule has 1 aliphatic heterocycles. The summed E-state index contributed by atoms with van der Waals surface area (Å²) >= 11 is 0. The lowest BCUT2D eigenvalue weighted by molar-refractivity contribution is 0.416. The van der Waals surface area contributed by atoms with Gasteiger partial charge in [-0.1, -0.05) is 93.9 Å². The number of hydrogen-bond donors (Lipinski definition) is 0. The molecule has 2 aromatic rings. The van der Waals surface area contributed by atoms with E-state index in [-0.39, 0.29) is 14.4 Å². The van der Waals surface area contributed by atoms with Crippen LogP contribution in [0.2, 0.25) is 18.1 Å². The first kappa shape index (κ1) is 20.8. The van der Waals surface area contributed by atoms with Gasteiger partial charge < -0.3 is 0 Å². The second kappa shape index (κ2) is 10.6. The first-order valence-corrected chi connectivity index (χ1v) is 12.9. The maximum atomic E-state index is 13.8. The van der Waals surface area contributed by atoms with Crippen LogP contribution < -0.4 is 0 Å². The molecule has 3 heteroatoms. The number of nitrogens with zero attached hydrogens (tertiary/aromatic N) is 1. The van der Waals surface area contributed by atoms with Crippen LogP contribution in [-0.4, -0.2) is 8.80 Å². The van der Waals surface area contributed by atoms with E-state index < -0.39 is 5.82 Å². The molecule has 1 saturated heterocycles. The zero-order chi connectivity index (χ0) is 19.8. The van der Waals surface area contributed by atoms with Gasteiger partial charge >= 0.3 is 0 Å². The number of rotatable bonds is 8. The van der Waals surface area contributed by atoms with Crippen LogP contribution in [0.15, 0.2) is 42.5 Å². The number of halogens is 1. The van der Waals surface area contributed by atoms with Gasteiger partial charge in [0.25, 0.3) is 0 Å². The molecule has 0 aliphatic carbocycles. The average molecular weight is 393 g/mol. The van der Waals surface area contributed by atoms with Crippen molar-refractivity contribution in [3.63, 3.8) is 0 Å². The third kappa shape index (κ3) is 5.79. The average Bonchev–Trinajstić information content (AvgIpc) is 2.74. The van der Waals surface area contributed by atoms with E-state index in [4.69, 9.17) is 5.26 Å². The topological polar surface area (TPSA) is 23.8 Å². The summed E-state index contributed by atoms with van der Waals surface area (Å²) in [5.74, 6) is 0.561. The molecule has 1 radical (unpaired) electrons. The Morgan fingerprint density at radius 1 is 1.04 bits per heavy atom. The fourth-order valence-electron chi connectivity index (χ4n) is 4.28. The lowest BCUT2D eigenvalue weighted by Gasteiger charge is -2.27. The van der Waals surface area contributed by atoms with E-state index in [1.165, 1.54) is 74.7 Å². The highest BCUT2D eigenvalue weighted by Crippen LogP contribution is 2.31. The van der Waals surface area contributed by atoms with Crippen LogP contribution in [-0.2, 0) is 6.42 Å². The van der Waals surface area contributed by atoms with Crippen molar-refractivity contribution in [1.82, 2.24) is 0 Å². The van der Waals surface area contributed by atoms with Crippen molar-refractivity contribution in [3.8, 4) is 17.2 Å². The normalized spacial score (nSPS) is 15.5. The Morgan fingerprint density at radius 3 is 2.39 bits per heavy atom. The molecule has 1 heterocycles. The van der Waals surface area contributed by atoms with Crippen molar-refractivity contribution < 1.29 is 4.39 Å². The second-order valence-electron chi connectivity index (χ2n) is 8.19. The molecule has 0 unspecified atom stereocenters. The molecule has 0 aromatic heterocycles. The number of unbranched alkanes of at least 4 members (excludes halogenated alkanes) is 2. The van der Waals surface area contributed by atoms with Gasteiger partial charge in [0.15, 0.2) is 0 Å². The summed E-state index contributed by atoms with van der Waals surface area (Å²) in [4.78, 5) is 0. The second-order valence-corrected chi connectivity index (χ2v) is 11.2. The number of nitriles is 1. The molecular weight excluding hydrogens is 361 g/mol. The fourth-order valence-corrected chi connectivity index (χ4v) is 7.30. The number of aryl methyl sites for hydroxylation is 1. The minimum absolute atomic E-state index is 0.101. The molecule has 1 nitrogen and oxygen atoms in total. The van der Waals surface area contributed by atoms with Gasteiger partial charge in [-0.15, -0.1) is 0 Å². The van der Waals surface area contributed by atoms with E-state index >= 15 is 0 Å². The number of benzene rings is 2. The molecular formula is C25H31FNSi. The van der Waals surface area contributed by atoms with Crippen LogP contribution in [0.4, 0.5) is 4.39 Å². The first-order valence-electron chi connectivity index (χ1n) is 10.8. The summed E-state index contributed by atoms with van der Waals surface area (Å²) in [6, 6.07) is 19.6. The van der Waals surface area contributed by atoms with Gasteiger partial charge in [0.05, 0.1) is 5.56 Å². The first-order chi connectivity index (χ1) is 13.7. The van der Waals surface area contributed by atoms with E-state index in [1.807, 2.05) is 12.1 Å². The highest BCUT2D eigenvalue weighted by atomic mass is 28.3. The van der Waals surface area contributed by atoms with E-state index in [0.717, 1.165) is 17.0 Å². The predicted octanol–water partition coefficient (Wildman–Crippen LogP) is 7.39. The van der Waals surface area contributed by atoms with Gasteiger partial charge in [-0.2, -0.15) is 5.26 Å². The highest BCUT2D eigenvalue weighted by molar-refractivity contribution is 6.59. The van der Waals surface area contributed by atoms with Gasteiger partial charge in [0.1, 0.15) is 11.9 Å². The lowest BCUT2D eigenvalue weighted by Crippen LogP contribution is -2.21. The summed E-state index contributed by atoms with van der Waals surface area (Å²) in [5, 5.41) is 8.86. The Balaban J connectivity index is 1.46. The van der Waals surface area contributed by atoms with Gasteiger partial charge in [-0.25, -0.2) is 4.39 Å². The van der Waals surface area contributed by atoms with E-state index in [2.05, 4.69) is 31.2 Å². The number of hydrogen-bond acceptors (Lipinski definition) is 1. The fraction of sp³-hybridized carbons (Fsp3) is 0.480. The van der Waals surface area contributed by atoms with Crippen molar-refractivity contribution in [2.45, 2.75) is 70.0 Å². The van der Waals surface area contributed by atoms with Crippen LogP contribution in [0, 0.1) is 23.1 Å². The van der Waals surface area contributed by atoms with Crippen LogP contribution in [0.1, 0.15) is 56.6 Å². The van der Waals surface area contributed by atoms with Crippen molar-refractivity contribution in [2.24, 2.45) is 5.92 Å². The molecule has 0 atom stereocenters. The maximum absolute atomic E-state index is 13.8. The highest BCUT2D eigenvalue weighted by Gasteiger charge is 2.21. The molecule has 1 aliphatic rings. The Morgan fingerprint density at radius 2 is 1.75 bits per heavy atom. The van der Waals surface area contributed by atoms with E-state index in [9.17, 15) is 4.39 Å². The summed E-state index contributed by atoms with van der Waals surface area (Å²) < 4.78 is 13.8. The Hall–Kier alpha value is -1.92. The van der Waals surface area contributed by atoms with Gasteiger partial charge in [0, 0.05) is 8.80 Å². The molecule has 0 spiro atoms. The van der Waals surface area contributed by atoms with Crippen molar-refractivity contribution in [1.29, 1.82) is 5.26 Å². The molecule has 0 bridgehead atoms. The van der Waals surface area contributed by atoms with Crippen molar-refractivity contribution >= 4 is 8.80 Å². The predicted molar refractivity (Wildman–Crippen MR) is 117 cm³/mol. The van der Waals surface area contributed by atoms with Crippen LogP contribution >= 0.6 is 0 Å². The largest absolute Gasteiger partial charge is 0.206 e. The molecule has 28 heavy (non-hydrogen) atoms. The SMILES string of the molecule is CCCCCC1CC[Si](CCc2ccc(-c3ccc(C#N)c(F)c3)cc2)CC1. The quantitative estimate of drug-likeness (QED) is 0.339. The molecule has 0 amide bonds. The minimum atomic E-state index is -0.446.